The highest BCUT2D eigenvalue weighted by Gasteiger charge is 2.29. The number of esters is 1. The highest BCUT2D eigenvalue weighted by molar-refractivity contribution is 5.71. The van der Waals surface area contributed by atoms with E-state index in [1.54, 1.807) is 4.90 Å². The van der Waals surface area contributed by atoms with E-state index >= 15 is 0 Å². The lowest BCUT2D eigenvalue weighted by Gasteiger charge is -2.33. The van der Waals surface area contributed by atoms with Gasteiger partial charge in [0.25, 0.3) is 0 Å². The van der Waals surface area contributed by atoms with E-state index in [0.29, 0.717) is 51.2 Å². The molecule has 238 valence electrons. The topological polar surface area (TPSA) is 91.8 Å². The number of ether oxygens (including phenoxy) is 3. The monoisotopic (exact) mass is 601 g/mol. The van der Waals surface area contributed by atoms with Crippen LogP contribution < -0.4 is 4.90 Å². The number of likely N-dealkylation sites (N-methyl/N-ethyl adjacent to an activating group) is 1. The molecule has 2 saturated heterocycles. The van der Waals surface area contributed by atoms with Gasteiger partial charge in [-0.1, -0.05) is 26.0 Å². The average molecular weight is 602 g/mol. The standard InChI is InChI=1S/C33H48FN3O6/c1-22-6-8-29(38)20-31(39)43-32(23(2)7-9-30(22)42-33(40)36-12-10-35(5)11-13-36)24(3)16-26-17-27(34)19-28(18-26)37-14-15-41-25(4)21-37/h7,9,16-19,22-23,25,29-30,32,38H,6,8,10-15,20-21H2,1-5H3/b9-7-,24-16+/t22-,23+,25+,29+,30+,32+/m1/s1. The second-order valence-corrected chi connectivity index (χ2v) is 12.5. The number of cyclic esters (lactones) is 1. The highest BCUT2D eigenvalue weighted by atomic mass is 19.1. The normalized spacial score (nSPS) is 31.0. The van der Waals surface area contributed by atoms with Gasteiger partial charge in [-0.3, -0.25) is 4.79 Å². The zero-order valence-electron chi connectivity index (χ0n) is 26.2. The molecule has 4 rings (SSSR count). The molecule has 10 heteroatoms. The molecule has 3 aliphatic rings. The predicted molar refractivity (Wildman–Crippen MR) is 164 cm³/mol. The van der Waals surface area contributed by atoms with Gasteiger partial charge in [0.2, 0.25) is 0 Å². The SMILES string of the molecule is C/C(=C\c1cc(F)cc(N2CCO[C@@H](C)C2)c1)[C@H]1OC(=O)C[C@@H](O)CC[C@@H](C)[C@@H](OC(=O)N2CCN(C)CC2)/C=C\[C@@H]1C. The smallest absolute Gasteiger partial charge is 0.410 e. The molecular formula is C33H48FN3O6. The first-order valence-electron chi connectivity index (χ1n) is 15.5. The summed E-state index contributed by atoms with van der Waals surface area (Å²) in [6.45, 7) is 12.5. The van der Waals surface area contributed by atoms with E-state index in [-0.39, 0.29) is 36.3 Å². The minimum absolute atomic E-state index is 0.0590. The Morgan fingerprint density at radius 2 is 1.81 bits per heavy atom. The molecule has 9 nitrogen and oxygen atoms in total. The lowest BCUT2D eigenvalue weighted by Crippen LogP contribution is -2.48. The Kier molecular flexibility index (Phi) is 11.6. The Bertz CT molecular complexity index is 1170. The van der Waals surface area contributed by atoms with Crippen molar-refractivity contribution in [3.8, 4) is 0 Å². The molecule has 3 aliphatic heterocycles. The van der Waals surface area contributed by atoms with Crippen LogP contribution in [0, 0.1) is 17.7 Å². The molecule has 0 radical (unpaired) electrons. The molecule has 3 heterocycles. The first kappa shape index (κ1) is 33.0. The van der Waals surface area contributed by atoms with Crippen LogP contribution >= 0.6 is 0 Å². The summed E-state index contributed by atoms with van der Waals surface area (Å²) in [5.74, 6) is -1.17. The second-order valence-electron chi connectivity index (χ2n) is 12.5. The third kappa shape index (κ3) is 9.52. The Hall–Kier alpha value is -2.95. The molecule has 0 bridgehead atoms. The zero-order chi connectivity index (χ0) is 31.1. The third-order valence-electron chi connectivity index (χ3n) is 8.61. The van der Waals surface area contributed by atoms with Gasteiger partial charge in [-0.25, -0.2) is 9.18 Å². The van der Waals surface area contributed by atoms with Crippen molar-refractivity contribution in [2.45, 2.75) is 71.4 Å². The van der Waals surface area contributed by atoms with Crippen molar-refractivity contribution in [3.63, 3.8) is 0 Å². The molecular weight excluding hydrogens is 553 g/mol. The lowest BCUT2D eigenvalue weighted by atomic mass is 9.91. The number of hydrogen-bond acceptors (Lipinski definition) is 8. The fraction of sp³-hybridized carbons (Fsp3) is 0.636. The largest absolute Gasteiger partial charge is 0.457 e. The summed E-state index contributed by atoms with van der Waals surface area (Å²) in [5, 5.41) is 10.6. The van der Waals surface area contributed by atoms with E-state index in [4.69, 9.17) is 14.2 Å². The summed E-state index contributed by atoms with van der Waals surface area (Å²) in [7, 11) is 2.03. The molecule has 2 fully saturated rings. The van der Waals surface area contributed by atoms with Crippen LogP contribution in [0.1, 0.15) is 52.5 Å². The van der Waals surface area contributed by atoms with E-state index in [0.717, 1.165) is 24.4 Å². The fourth-order valence-corrected chi connectivity index (χ4v) is 5.89. The molecule has 6 atom stereocenters. The van der Waals surface area contributed by atoms with Gasteiger partial charge < -0.3 is 34.0 Å². The minimum Gasteiger partial charge on any atom is -0.457 e. The summed E-state index contributed by atoms with van der Waals surface area (Å²) in [6, 6.07) is 4.92. The Labute approximate surface area is 255 Å². The number of rotatable bonds is 4. The van der Waals surface area contributed by atoms with Crippen LogP contribution in [0.3, 0.4) is 0 Å². The number of aliphatic hydroxyl groups excluding tert-OH is 1. The summed E-state index contributed by atoms with van der Waals surface area (Å²) in [6.07, 6.45) is 4.19. The van der Waals surface area contributed by atoms with Crippen LogP contribution in [0.4, 0.5) is 14.9 Å². The second kappa shape index (κ2) is 15.2. The van der Waals surface area contributed by atoms with E-state index in [9.17, 15) is 19.1 Å². The summed E-state index contributed by atoms with van der Waals surface area (Å²) < 4.78 is 32.3. The van der Waals surface area contributed by atoms with E-state index in [1.165, 1.54) is 12.1 Å². The minimum atomic E-state index is -0.866. The number of carbonyl (C=O) groups excluding carboxylic acids is 2. The number of hydrogen-bond donors (Lipinski definition) is 1. The maximum Gasteiger partial charge on any atom is 0.410 e. The van der Waals surface area contributed by atoms with E-state index < -0.39 is 24.3 Å². The maximum atomic E-state index is 14.7. The van der Waals surface area contributed by atoms with Gasteiger partial charge in [-0.05, 0) is 75.1 Å². The first-order chi connectivity index (χ1) is 20.5. The number of piperazine rings is 1. The summed E-state index contributed by atoms with van der Waals surface area (Å²) >= 11 is 0. The number of nitrogens with zero attached hydrogens (tertiary/aromatic N) is 3. The molecule has 0 saturated carbocycles. The zero-order valence-corrected chi connectivity index (χ0v) is 26.2. The van der Waals surface area contributed by atoms with Crippen molar-refractivity contribution in [1.29, 1.82) is 0 Å². The number of benzene rings is 1. The molecule has 1 aromatic carbocycles. The number of halogens is 1. The molecule has 43 heavy (non-hydrogen) atoms. The van der Waals surface area contributed by atoms with Crippen LogP contribution in [-0.4, -0.2) is 104 Å². The molecule has 0 unspecified atom stereocenters. The van der Waals surface area contributed by atoms with Crippen molar-refractivity contribution >= 4 is 23.8 Å². The lowest BCUT2D eigenvalue weighted by molar-refractivity contribution is -0.151. The molecule has 0 aliphatic carbocycles. The van der Waals surface area contributed by atoms with Gasteiger partial charge in [0, 0.05) is 50.9 Å². The number of carbonyl (C=O) groups is 2. The van der Waals surface area contributed by atoms with Crippen LogP contribution in [-0.2, 0) is 19.0 Å². The van der Waals surface area contributed by atoms with Crippen LogP contribution in [0.5, 0.6) is 0 Å². The number of amides is 1. The van der Waals surface area contributed by atoms with Crippen molar-refractivity contribution in [2.24, 2.45) is 11.8 Å². The van der Waals surface area contributed by atoms with Gasteiger partial charge in [-0.2, -0.15) is 0 Å². The van der Waals surface area contributed by atoms with Gasteiger partial charge in [0.05, 0.1) is 25.2 Å². The molecule has 1 aromatic rings. The van der Waals surface area contributed by atoms with Crippen LogP contribution in [0.2, 0.25) is 0 Å². The highest BCUT2D eigenvalue weighted by Crippen LogP contribution is 2.28. The molecule has 1 N–H and O–H groups in total. The average Bonchev–Trinajstić information content (AvgIpc) is 2.96. The van der Waals surface area contributed by atoms with Crippen LogP contribution in [0.25, 0.3) is 6.08 Å². The van der Waals surface area contributed by atoms with Crippen molar-refractivity contribution < 1.29 is 33.3 Å². The van der Waals surface area contributed by atoms with Gasteiger partial charge in [0.1, 0.15) is 18.0 Å². The fourth-order valence-electron chi connectivity index (χ4n) is 5.89. The van der Waals surface area contributed by atoms with Crippen molar-refractivity contribution in [1.82, 2.24) is 9.80 Å². The third-order valence-corrected chi connectivity index (χ3v) is 8.61. The predicted octanol–water partition coefficient (Wildman–Crippen LogP) is 4.49. The Balaban J connectivity index is 1.56. The van der Waals surface area contributed by atoms with E-state index in [1.807, 2.05) is 59.0 Å². The number of morpholine rings is 1. The maximum absolute atomic E-state index is 14.7. The number of anilines is 1. The Morgan fingerprint density at radius 3 is 2.53 bits per heavy atom. The van der Waals surface area contributed by atoms with Gasteiger partial charge in [0.15, 0.2) is 0 Å². The van der Waals surface area contributed by atoms with E-state index in [2.05, 4.69) is 9.80 Å². The Morgan fingerprint density at radius 1 is 1.07 bits per heavy atom. The quantitative estimate of drug-likeness (QED) is 0.399. The van der Waals surface area contributed by atoms with Gasteiger partial charge >= 0.3 is 12.1 Å². The molecule has 0 aromatic heterocycles. The summed E-state index contributed by atoms with van der Waals surface area (Å²) in [5.41, 5.74) is 2.18. The first-order valence-corrected chi connectivity index (χ1v) is 15.5. The number of aliphatic hydroxyl groups is 1. The molecule has 1 amide bonds. The van der Waals surface area contributed by atoms with Crippen LogP contribution in [0.15, 0.2) is 35.9 Å². The van der Waals surface area contributed by atoms with Crippen molar-refractivity contribution in [2.75, 3.05) is 57.8 Å². The summed E-state index contributed by atoms with van der Waals surface area (Å²) in [4.78, 5) is 31.9. The van der Waals surface area contributed by atoms with Gasteiger partial charge in [-0.15, -0.1) is 0 Å². The molecule has 0 spiro atoms. The van der Waals surface area contributed by atoms with Crippen molar-refractivity contribution in [3.05, 3.63) is 47.3 Å².